The van der Waals surface area contributed by atoms with E-state index in [4.69, 9.17) is 20.0 Å². The van der Waals surface area contributed by atoms with E-state index in [1.165, 1.54) is 13.8 Å². The fourth-order valence-electron chi connectivity index (χ4n) is 2.81. The maximum atomic E-state index is 11.6. The van der Waals surface area contributed by atoms with E-state index in [0.717, 1.165) is 0 Å². The summed E-state index contributed by atoms with van der Waals surface area (Å²) >= 11 is 0. The summed E-state index contributed by atoms with van der Waals surface area (Å²) in [6.07, 6.45) is 0. The van der Waals surface area contributed by atoms with Crippen LogP contribution < -0.4 is 0 Å². The van der Waals surface area contributed by atoms with E-state index in [1.54, 1.807) is 65.8 Å². The molecule has 0 N–H and O–H groups in total. The Morgan fingerprint density at radius 2 is 0.895 bits per heavy atom. The first-order valence-electron chi connectivity index (χ1n) is 11.8. The average Bonchev–Trinajstić information content (AvgIpc) is 2.87. The zero-order valence-corrected chi connectivity index (χ0v) is 23.1. The molecule has 0 fully saturated rings. The van der Waals surface area contributed by atoms with Crippen LogP contribution in [0, 0.1) is 22.7 Å². The van der Waals surface area contributed by atoms with Gasteiger partial charge in [0, 0.05) is 38.8 Å². The number of carbonyl (C=O) groups is 2. The standard InChI is InChI=1S/C20H22N2O4.C8H12N4/c1-15(23)25-19(3,17-11-7-5-8-12-17)21-22-20(4,26-16(2)24)18-13-9-6-10-14-18;1-7(2,5-9)11-12-8(3,4)6-10/h5-14H,1-4H3;1-4H3. The van der Waals surface area contributed by atoms with Crippen molar-refractivity contribution in [2.75, 3.05) is 0 Å². The van der Waals surface area contributed by atoms with Crippen molar-refractivity contribution in [3.05, 3.63) is 71.8 Å². The number of benzene rings is 2. The molecule has 0 radical (unpaired) electrons. The second kappa shape index (κ2) is 13.2. The Balaban J connectivity index is 0.000000508. The molecule has 10 nitrogen and oxygen atoms in total. The Kier molecular flexibility index (Phi) is 11.0. The number of carbonyl (C=O) groups excluding carboxylic acids is 2. The van der Waals surface area contributed by atoms with Crippen LogP contribution in [0.1, 0.15) is 66.5 Å². The van der Waals surface area contributed by atoms with Crippen molar-refractivity contribution in [1.29, 1.82) is 10.5 Å². The highest BCUT2D eigenvalue weighted by Crippen LogP contribution is 2.33. The minimum Gasteiger partial charge on any atom is -0.431 e. The van der Waals surface area contributed by atoms with Crippen LogP contribution in [0.25, 0.3) is 0 Å². The minimum atomic E-state index is -1.34. The van der Waals surface area contributed by atoms with Crippen LogP contribution in [0.5, 0.6) is 0 Å². The third kappa shape index (κ3) is 10.3. The van der Waals surface area contributed by atoms with Crippen LogP contribution in [0.3, 0.4) is 0 Å². The summed E-state index contributed by atoms with van der Waals surface area (Å²) in [7, 11) is 0. The zero-order chi connectivity index (χ0) is 29.0. The third-order valence-electron chi connectivity index (χ3n) is 4.83. The van der Waals surface area contributed by atoms with Crippen molar-refractivity contribution in [3.8, 4) is 12.1 Å². The van der Waals surface area contributed by atoms with Gasteiger partial charge in [-0.2, -0.15) is 20.8 Å². The molecule has 2 atom stereocenters. The van der Waals surface area contributed by atoms with Crippen LogP contribution in [-0.4, -0.2) is 23.0 Å². The fourth-order valence-corrected chi connectivity index (χ4v) is 2.81. The molecule has 2 unspecified atom stereocenters. The lowest BCUT2D eigenvalue weighted by Crippen LogP contribution is -2.29. The molecule has 0 heterocycles. The predicted octanol–water partition coefficient (Wildman–Crippen LogP) is 6.35. The Bertz CT molecular complexity index is 1130. The SMILES string of the molecule is CC(=O)OC(C)(N=NC(C)(OC(C)=O)c1ccccc1)c1ccccc1.CC(C)(C#N)N=NC(C)(C)C#N. The maximum absolute atomic E-state index is 11.6. The molecule has 0 aromatic heterocycles. The monoisotopic (exact) mass is 518 g/mol. The quantitative estimate of drug-likeness (QED) is 0.293. The number of ether oxygens (including phenoxy) is 2. The molecule has 200 valence electrons. The molecule has 10 heteroatoms. The topological polar surface area (TPSA) is 150 Å². The van der Waals surface area contributed by atoms with Gasteiger partial charge in [0.1, 0.15) is 0 Å². The van der Waals surface area contributed by atoms with Crippen LogP contribution in [0.15, 0.2) is 81.1 Å². The van der Waals surface area contributed by atoms with Crippen molar-refractivity contribution >= 4 is 11.9 Å². The van der Waals surface area contributed by atoms with E-state index in [-0.39, 0.29) is 0 Å². The minimum absolute atomic E-state index is 0.496. The molecule has 0 amide bonds. The molecular formula is C28H34N6O4. The first kappa shape index (κ1) is 31.6. The highest BCUT2D eigenvalue weighted by Gasteiger charge is 2.35. The van der Waals surface area contributed by atoms with E-state index < -0.39 is 34.5 Å². The number of nitrogens with zero attached hydrogens (tertiary/aromatic N) is 6. The lowest BCUT2D eigenvalue weighted by molar-refractivity contribution is -0.162. The molecular weight excluding hydrogens is 484 g/mol. The Hall–Kier alpha value is -4.44. The van der Waals surface area contributed by atoms with Gasteiger partial charge < -0.3 is 9.47 Å². The number of esters is 2. The normalized spacial score (nSPS) is 14.7. The third-order valence-corrected chi connectivity index (χ3v) is 4.83. The second-order valence-electron chi connectivity index (χ2n) is 9.63. The molecule has 38 heavy (non-hydrogen) atoms. The van der Waals surface area contributed by atoms with Gasteiger partial charge in [0.05, 0.1) is 12.1 Å². The van der Waals surface area contributed by atoms with Gasteiger partial charge in [-0.05, 0) is 27.7 Å². The Labute approximate surface area is 224 Å². The molecule has 0 aliphatic heterocycles. The summed E-state index contributed by atoms with van der Waals surface area (Å²) in [5, 5.41) is 33.2. The average molecular weight is 519 g/mol. The molecule has 0 saturated heterocycles. The number of hydrogen-bond donors (Lipinski definition) is 0. The summed E-state index contributed by atoms with van der Waals surface area (Å²) in [5.74, 6) is -0.992. The summed E-state index contributed by atoms with van der Waals surface area (Å²) < 4.78 is 10.8. The van der Waals surface area contributed by atoms with Gasteiger partial charge in [0.2, 0.25) is 11.4 Å². The molecule has 0 saturated carbocycles. The van der Waals surface area contributed by atoms with Crippen molar-refractivity contribution in [1.82, 2.24) is 0 Å². The highest BCUT2D eigenvalue weighted by molar-refractivity contribution is 5.67. The smallest absolute Gasteiger partial charge is 0.305 e. The maximum Gasteiger partial charge on any atom is 0.305 e. The van der Waals surface area contributed by atoms with Gasteiger partial charge in [-0.25, -0.2) is 0 Å². The summed E-state index contributed by atoms with van der Waals surface area (Å²) in [5.41, 5.74) is -3.07. The van der Waals surface area contributed by atoms with Gasteiger partial charge in [0.25, 0.3) is 0 Å². The highest BCUT2D eigenvalue weighted by atomic mass is 16.6. The zero-order valence-electron chi connectivity index (χ0n) is 23.1. The number of azo groups is 2. The molecule has 2 rings (SSSR count). The number of hydrogen-bond acceptors (Lipinski definition) is 10. The van der Waals surface area contributed by atoms with E-state index in [1.807, 2.05) is 48.5 Å². The van der Waals surface area contributed by atoms with Crippen LogP contribution in [0.2, 0.25) is 0 Å². The largest absolute Gasteiger partial charge is 0.431 e. The summed E-state index contributed by atoms with van der Waals surface area (Å²) in [4.78, 5) is 23.2. The van der Waals surface area contributed by atoms with Gasteiger partial charge in [-0.1, -0.05) is 60.7 Å². The van der Waals surface area contributed by atoms with Gasteiger partial charge in [0.15, 0.2) is 11.1 Å². The van der Waals surface area contributed by atoms with Crippen LogP contribution in [-0.2, 0) is 30.5 Å². The van der Waals surface area contributed by atoms with Crippen molar-refractivity contribution in [2.24, 2.45) is 20.5 Å². The summed E-state index contributed by atoms with van der Waals surface area (Å²) in [6.45, 7) is 12.4. The lowest BCUT2D eigenvalue weighted by atomic mass is 10.0. The molecule has 0 aliphatic carbocycles. The van der Waals surface area contributed by atoms with E-state index in [9.17, 15) is 9.59 Å². The Morgan fingerprint density at radius 1 is 0.605 bits per heavy atom. The first-order chi connectivity index (χ1) is 17.6. The predicted molar refractivity (Wildman–Crippen MR) is 140 cm³/mol. The first-order valence-corrected chi connectivity index (χ1v) is 11.8. The molecule has 2 aromatic rings. The van der Waals surface area contributed by atoms with Gasteiger partial charge >= 0.3 is 11.9 Å². The number of nitriles is 2. The van der Waals surface area contributed by atoms with Gasteiger partial charge in [-0.3, -0.25) is 9.59 Å². The molecule has 0 spiro atoms. The number of rotatable bonds is 8. The lowest BCUT2D eigenvalue weighted by Gasteiger charge is -2.28. The van der Waals surface area contributed by atoms with Crippen LogP contribution in [0.4, 0.5) is 0 Å². The van der Waals surface area contributed by atoms with E-state index in [0.29, 0.717) is 11.1 Å². The van der Waals surface area contributed by atoms with Crippen molar-refractivity contribution < 1.29 is 19.1 Å². The molecule has 0 aliphatic rings. The van der Waals surface area contributed by atoms with Crippen LogP contribution >= 0.6 is 0 Å². The molecule has 0 bridgehead atoms. The van der Waals surface area contributed by atoms with E-state index >= 15 is 0 Å². The fraction of sp³-hybridized carbons (Fsp3) is 0.429. The van der Waals surface area contributed by atoms with Crippen molar-refractivity contribution in [3.63, 3.8) is 0 Å². The van der Waals surface area contributed by atoms with E-state index in [2.05, 4.69) is 20.5 Å². The van der Waals surface area contributed by atoms with Crippen molar-refractivity contribution in [2.45, 2.75) is 77.9 Å². The summed E-state index contributed by atoms with van der Waals surface area (Å²) in [6, 6.07) is 22.0. The molecule has 2 aromatic carbocycles. The second-order valence-corrected chi connectivity index (χ2v) is 9.63. The Morgan fingerprint density at radius 3 is 1.13 bits per heavy atom. The van der Waals surface area contributed by atoms with Gasteiger partial charge in [-0.15, -0.1) is 10.2 Å².